The third-order valence-corrected chi connectivity index (χ3v) is 2.55. The second-order valence-electron chi connectivity index (χ2n) is 4.45. The number of methoxy groups -OCH3 is 1. The van der Waals surface area contributed by atoms with Gasteiger partial charge in [-0.05, 0) is 23.1 Å². The van der Waals surface area contributed by atoms with Crippen molar-refractivity contribution in [3.63, 3.8) is 0 Å². The average Bonchev–Trinajstić information content (AvgIpc) is 2.15. The van der Waals surface area contributed by atoms with Crippen LogP contribution in [0.4, 0.5) is 0 Å². The van der Waals surface area contributed by atoms with Crippen LogP contribution in [0.15, 0.2) is 12.1 Å². The fraction of sp³-hybridized carbons (Fsp3) is 0.417. The zero-order valence-corrected chi connectivity index (χ0v) is 10.2. The first-order valence-electron chi connectivity index (χ1n) is 4.73. The van der Waals surface area contributed by atoms with Crippen LogP contribution >= 0.6 is 11.6 Å². The quantitative estimate of drug-likeness (QED) is 0.722. The first kappa shape index (κ1) is 12.1. The summed E-state index contributed by atoms with van der Waals surface area (Å²) in [5, 5.41) is 0.479. The molecule has 2 nitrogen and oxygen atoms in total. The van der Waals surface area contributed by atoms with Crippen molar-refractivity contribution in [2.24, 2.45) is 0 Å². The molecule has 1 aromatic rings. The zero-order chi connectivity index (χ0) is 11.6. The van der Waals surface area contributed by atoms with Crippen molar-refractivity contribution in [2.45, 2.75) is 26.2 Å². The molecule has 0 heterocycles. The molecule has 15 heavy (non-hydrogen) atoms. The maximum Gasteiger partial charge on any atom is 0.153 e. The summed E-state index contributed by atoms with van der Waals surface area (Å²) in [6.45, 7) is 6.21. The molecule has 82 valence electrons. The number of halogens is 1. The van der Waals surface area contributed by atoms with Gasteiger partial charge >= 0.3 is 0 Å². The van der Waals surface area contributed by atoms with E-state index >= 15 is 0 Å². The van der Waals surface area contributed by atoms with Gasteiger partial charge in [0.05, 0.1) is 17.7 Å². The van der Waals surface area contributed by atoms with Crippen molar-refractivity contribution < 1.29 is 9.53 Å². The van der Waals surface area contributed by atoms with Crippen LogP contribution in [0.1, 0.15) is 36.7 Å². The number of carbonyl (C=O) groups is 1. The van der Waals surface area contributed by atoms with E-state index in [-0.39, 0.29) is 5.41 Å². The normalized spacial score (nSPS) is 11.3. The molecule has 0 aliphatic carbocycles. The van der Waals surface area contributed by atoms with Crippen LogP contribution in [0, 0.1) is 0 Å². The van der Waals surface area contributed by atoms with E-state index in [1.165, 1.54) is 7.11 Å². The van der Waals surface area contributed by atoms with Crippen molar-refractivity contribution in [1.29, 1.82) is 0 Å². The minimum absolute atomic E-state index is 0.0341. The lowest BCUT2D eigenvalue weighted by atomic mass is 9.86. The minimum atomic E-state index is -0.0341. The molecule has 1 rings (SSSR count). The van der Waals surface area contributed by atoms with Crippen LogP contribution in [0.25, 0.3) is 0 Å². The van der Waals surface area contributed by atoms with Gasteiger partial charge in [-0.15, -0.1) is 0 Å². The highest BCUT2D eigenvalue weighted by atomic mass is 35.5. The summed E-state index contributed by atoms with van der Waals surface area (Å²) in [5.74, 6) is 0.444. The summed E-state index contributed by atoms with van der Waals surface area (Å²) < 4.78 is 5.07. The largest absolute Gasteiger partial charge is 0.494 e. The minimum Gasteiger partial charge on any atom is -0.494 e. The number of rotatable bonds is 2. The van der Waals surface area contributed by atoms with E-state index in [0.29, 0.717) is 16.3 Å². The van der Waals surface area contributed by atoms with Gasteiger partial charge in [0.25, 0.3) is 0 Å². The van der Waals surface area contributed by atoms with E-state index in [1.54, 1.807) is 0 Å². The molecule has 0 fully saturated rings. The molecule has 0 aliphatic rings. The third kappa shape index (κ3) is 2.51. The summed E-state index contributed by atoms with van der Waals surface area (Å²) in [5.41, 5.74) is 1.48. The smallest absolute Gasteiger partial charge is 0.153 e. The molecular formula is C12H15ClO2. The monoisotopic (exact) mass is 226 g/mol. The zero-order valence-electron chi connectivity index (χ0n) is 9.43. The molecule has 1 aromatic carbocycles. The molecule has 0 saturated heterocycles. The second kappa shape index (κ2) is 4.23. The van der Waals surface area contributed by atoms with Crippen LogP contribution in [0.2, 0.25) is 5.02 Å². The molecule has 0 radical (unpaired) electrons. The summed E-state index contributed by atoms with van der Waals surface area (Å²) in [7, 11) is 1.50. The van der Waals surface area contributed by atoms with Gasteiger partial charge in [-0.25, -0.2) is 0 Å². The molecule has 0 bridgehead atoms. The maximum absolute atomic E-state index is 10.9. The topological polar surface area (TPSA) is 26.3 Å². The predicted octanol–water partition coefficient (Wildman–Crippen LogP) is 3.46. The van der Waals surface area contributed by atoms with E-state index in [9.17, 15) is 4.79 Å². The van der Waals surface area contributed by atoms with E-state index < -0.39 is 0 Å². The number of carbonyl (C=O) groups excluding carboxylic acids is 1. The molecule has 0 aromatic heterocycles. The molecule has 0 spiro atoms. The highest BCUT2D eigenvalue weighted by Gasteiger charge is 2.18. The maximum atomic E-state index is 10.9. The number of benzene rings is 1. The Morgan fingerprint density at radius 3 is 2.33 bits per heavy atom. The molecular weight excluding hydrogens is 212 g/mol. The van der Waals surface area contributed by atoms with Gasteiger partial charge in [-0.3, -0.25) is 4.79 Å². The summed E-state index contributed by atoms with van der Waals surface area (Å²) >= 11 is 6.04. The summed E-state index contributed by atoms with van der Waals surface area (Å²) in [4.78, 5) is 10.9. The van der Waals surface area contributed by atoms with Gasteiger partial charge in [0.1, 0.15) is 5.75 Å². The van der Waals surface area contributed by atoms with Gasteiger partial charge in [-0.2, -0.15) is 0 Å². The Kier molecular flexibility index (Phi) is 3.40. The van der Waals surface area contributed by atoms with E-state index in [2.05, 4.69) is 20.8 Å². The molecule has 0 unspecified atom stereocenters. The van der Waals surface area contributed by atoms with Crippen LogP contribution < -0.4 is 4.74 Å². The van der Waals surface area contributed by atoms with Crippen LogP contribution in [0.3, 0.4) is 0 Å². The van der Waals surface area contributed by atoms with E-state index in [0.717, 1.165) is 11.8 Å². The first-order chi connectivity index (χ1) is 6.90. The van der Waals surface area contributed by atoms with Crippen molar-refractivity contribution in [3.05, 3.63) is 28.3 Å². The average molecular weight is 227 g/mol. The Balaban J connectivity index is 3.38. The molecule has 3 heteroatoms. The van der Waals surface area contributed by atoms with Gasteiger partial charge < -0.3 is 4.74 Å². The third-order valence-electron chi connectivity index (χ3n) is 2.27. The van der Waals surface area contributed by atoms with Crippen LogP contribution in [-0.4, -0.2) is 13.4 Å². The fourth-order valence-corrected chi connectivity index (χ4v) is 1.65. The Morgan fingerprint density at radius 1 is 1.33 bits per heavy atom. The molecule has 0 atom stereocenters. The first-order valence-corrected chi connectivity index (χ1v) is 5.11. The fourth-order valence-electron chi connectivity index (χ4n) is 1.35. The number of hydrogen-bond donors (Lipinski definition) is 0. The lowest BCUT2D eigenvalue weighted by Gasteiger charge is -2.20. The van der Waals surface area contributed by atoms with Crippen LogP contribution in [-0.2, 0) is 5.41 Å². The van der Waals surface area contributed by atoms with Crippen molar-refractivity contribution in [2.75, 3.05) is 7.11 Å². The number of ether oxygens (including phenoxy) is 1. The van der Waals surface area contributed by atoms with Crippen molar-refractivity contribution >= 4 is 17.9 Å². The highest BCUT2D eigenvalue weighted by molar-refractivity contribution is 6.32. The second-order valence-corrected chi connectivity index (χ2v) is 4.86. The van der Waals surface area contributed by atoms with Gasteiger partial charge in [0.2, 0.25) is 0 Å². The lowest BCUT2D eigenvalue weighted by molar-refractivity contribution is 0.112. The Hall–Kier alpha value is -1.02. The standard InChI is InChI=1S/C12H15ClO2/c1-12(2,3)9-5-8(7-14)11(15-4)10(13)6-9/h5-7H,1-4H3. The SMILES string of the molecule is COc1c(Cl)cc(C(C)(C)C)cc1C=O. The molecule has 0 aliphatic heterocycles. The Labute approximate surface area is 95.2 Å². The highest BCUT2D eigenvalue weighted by Crippen LogP contribution is 2.33. The van der Waals surface area contributed by atoms with E-state index in [4.69, 9.17) is 16.3 Å². The van der Waals surface area contributed by atoms with Gasteiger partial charge in [0, 0.05) is 0 Å². The van der Waals surface area contributed by atoms with Gasteiger partial charge in [0.15, 0.2) is 6.29 Å². The number of aldehydes is 1. The predicted molar refractivity (Wildman–Crippen MR) is 62.1 cm³/mol. The molecule has 0 N–H and O–H groups in total. The van der Waals surface area contributed by atoms with Crippen molar-refractivity contribution in [3.8, 4) is 5.75 Å². The van der Waals surface area contributed by atoms with Gasteiger partial charge in [-0.1, -0.05) is 32.4 Å². The summed E-state index contributed by atoms with van der Waals surface area (Å²) in [6, 6.07) is 3.66. The summed E-state index contributed by atoms with van der Waals surface area (Å²) in [6.07, 6.45) is 0.764. The molecule has 0 saturated carbocycles. The molecule has 0 amide bonds. The Morgan fingerprint density at radius 2 is 1.93 bits per heavy atom. The van der Waals surface area contributed by atoms with Crippen molar-refractivity contribution in [1.82, 2.24) is 0 Å². The Bertz CT molecular complexity index is 378. The van der Waals surface area contributed by atoms with E-state index in [1.807, 2.05) is 12.1 Å². The van der Waals surface area contributed by atoms with Crippen LogP contribution in [0.5, 0.6) is 5.75 Å². The number of hydrogen-bond acceptors (Lipinski definition) is 2. The lowest BCUT2D eigenvalue weighted by Crippen LogP contribution is -2.12.